The van der Waals surface area contributed by atoms with Crippen LogP contribution in [0.5, 0.6) is 0 Å². The average molecular weight is 321 g/mol. The van der Waals surface area contributed by atoms with E-state index in [1.165, 1.54) is 0 Å². The zero-order valence-electron chi connectivity index (χ0n) is 13.2. The van der Waals surface area contributed by atoms with Gasteiger partial charge >= 0.3 is 0 Å². The van der Waals surface area contributed by atoms with Crippen LogP contribution in [0.25, 0.3) is 0 Å². The number of allylic oxidation sites excluding steroid dienone is 1. The molecule has 1 aliphatic carbocycles. The molecule has 4 rings (SSSR count). The van der Waals surface area contributed by atoms with Crippen LogP contribution in [0.3, 0.4) is 0 Å². The van der Waals surface area contributed by atoms with Crippen molar-refractivity contribution in [2.75, 3.05) is 46.2 Å². The molecule has 4 aliphatic rings. The highest BCUT2D eigenvalue weighted by Gasteiger charge is 2.39. The molecule has 2 fully saturated rings. The third-order valence-electron chi connectivity index (χ3n) is 5.03. The van der Waals surface area contributed by atoms with Gasteiger partial charge in [-0.25, -0.2) is 0 Å². The summed E-state index contributed by atoms with van der Waals surface area (Å²) < 4.78 is 16.8. The van der Waals surface area contributed by atoms with Crippen LogP contribution >= 0.6 is 0 Å². The quantitative estimate of drug-likeness (QED) is 0.771. The van der Waals surface area contributed by atoms with Crippen molar-refractivity contribution in [1.82, 2.24) is 9.80 Å². The van der Waals surface area contributed by atoms with Crippen molar-refractivity contribution in [1.29, 1.82) is 0 Å². The van der Waals surface area contributed by atoms with E-state index in [1.807, 2.05) is 11.0 Å². The van der Waals surface area contributed by atoms with E-state index in [0.29, 0.717) is 49.6 Å². The first-order chi connectivity index (χ1) is 11.2. The van der Waals surface area contributed by atoms with Crippen LogP contribution in [-0.4, -0.2) is 67.9 Å². The minimum absolute atomic E-state index is 0.120. The Morgan fingerprint density at radius 1 is 1.22 bits per heavy atom. The van der Waals surface area contributed by atoms with E-state index in [9.17, 15) is 4.79 Å². The van der Waals surface area contributed by atoms with Crippen molar-refractivity contribution in [3.63, 3.8) is 0 Å². The number of likely N-dealkylation sites (tertiary alicyclic amines) is 1. The van der Waals surface area contributed by atoms with Crippen molar-refractivity contribution in [3.8, 4) is 0 Å². The lowest BCUT2D eigenvalue weighted by Gasteiger charge is -2.32. The Morgan fingerprint density at radius 3 is 2.91 bits per heavy atom. The van der Waals surface area contributed by atoms with Gasteiger partial charge in [0.2, 0.25) is 5.91 Å². The maximum atomic E-state index is 13.0. The summed E-state index contributed by atoms with van der Waals surface area (Å²) in [6.07, 6.45) is 3.46. The number of nitrogens with zero attached hydrogens (tertiary/aromatic N) is 2. The number of hydrogen-bond donors (Lipinski definition) is 1. The maximum absolute atomic E-state index is 13.0. The first kappa shape index (κ1) is 14.8. The van der Waals surface area contributed by atoms with Crippen LogP contribution in [0, 0.1) is 5.92 Å². The molecule has 0 bridgehead atoms. The fourth-order valence-electron chi connectivity index (χ4n) is 3.75. The molecular weight excluding hydrogens is 298 g/mol. The molecule has 7 nitrogen and oxygen atoms in total. The largest absolute Gasteiger partial charge is 0.490 e. The molecule has 2 unspecified atom stereocenters. The molecule has 3 heterocycles. The Bertz CT molecular complexity index is 554. The van der Waals surface area contributed by atoms with E-state index in [0.717, 1.165) is 32.7 Å². The average Bonchev–Trinajstić information content (AvgIpc) is 3.26. The summed E-state index contributed by atoms with van der Waals surface area (Å²) in [5.74, 6) is 0.999. The van der Waals surface area contributed by atoms with Gasteiger partial charge in [-0.3, -0.25) is 9.69 Å². The number of amides is 1. The van der Waals surface area contributed by atoms with E-state index in [4.69, 9.17) is 19.9 Å². The molecule has 2 N–H and O–H groups in total. The van der Waals surface area contributed by atoms with Gasteiger partial charge in [0.15, 0.2) is 11.5 Å². The molecule has 0 radical (unpaired) electrons. The van der Waals surface area contributed by atoms with Gasteiger partial charge in [-0.1, -0.05) is 6.08 Å². The maximum Gasteiger partial charge on any atom is 0.233 e. The Balaban J connectivity index is 1.46. The Labute approximate surface area is 135 Å². The minimum Gasteiger partial charge on any atom is -0.490 e. The monoisotopic (exact) mass is 321 g/mol. The van der Waals surface area contributed by atoms with Gasteiger partial charge in [0.1, 0.15) is 19.1 Å². The topological polar surface area (TPSA) is 77.3 Å². The number of rotatable bonds is 2. The van der Waals surface area contributed by atoms with Crippen LogP contribution in [0.4, 0.5) is 0 Å². The lowest BCUT2D eigenvalue weighted by atomic mass is 9.94. The second-order valence-electron chi connectivity index (χ2n) is 6.41. The summed E-state index contributed by atoms with van der Waals surface area (Å²) in [5.41, 5.74) is 6.54. The lowest BCUT2D eigenvalue weighted by molar-refractivity contribution is -0.135. The summed E-state index contributed by atoms with van der Waals surface area (Å²) in [4.78, 5) is 17.2. The highest BCUT2D eigenvalue weighted by Crippen LogP contribution is 2.34. The second kappa shape index (κ2) is 6.05. The molecule has 126 valence electrons. The molecule has 0 aromatic heterocycles. The van der Waals surface area contributed by atoms with Crippen molar-refractivity contribution in [2.24, 2.45) is 11.7 Å². The molecular formula is C16H23N3O4. The van der Waals surface area contributed by atoms with Gasteiger partial charge in [-0.05, 0) is 12.8 Å². The normalized spacial score (nSPS) is 31.5. The minimum atomic E-state index is -0.300. The zero-order chi connectivity index (χ0) is 15.8. The number of carbonyl (C=O) groups is 1. The first-order valence-electron chi connectivity index (χ1n) is 8.30. The smallest absolute Gasteiger partial charge is 0.233 e. The Kier molecular flexibility index (Phi) is 3.90. The van der Waals surface area contributed by atoms with E-state index in [-0.39, 0.29) is 11.8 Å². The lowest BCUT2D eigenvalue weighted by Crippen LogP contribution is -2.41. The van der Waals surface area contributed by atoms with Crippen molar-refractivity contribution in [2.45, 2.75) is 18.9 Å². The fraction of sp³-hybridized carbons (Fsp3) is 0.688. The van der Waals surface area contributed by atoms with Crippen molar-refractivity contribution < 1.29 is 19.0 Å². The third kappa shape index (κ3) is 2.68. The van der Waals surface area contributed by atoms with Crippen LogP contribution < -0.4 is 5.73 Å². The van der Waals surface area contributed by atoms with Gasteiger partial charge in [0.05, 0.1) is 19.0 Å². The SMILES string of the molecule is NC1=CCC(C(=O)N2CCC(N3CCOC3)C2)C2=C1OCCO2. The predicted molar refractivity (Wildman–Crippen MR) is 81.8 cm³/mol. The van der Waals surface area contributed by atoms with Gasteiger partial charge < -0.3 is 24.8 Å². The van der Waals surface area contributed by atoms with Gasteiger partial charge in [0, 0.05) is 25.7 Å². The predicted octanol–water partition coefficient (Wildman–Crippen LogP) is -0.00210. The molecule has 0 saturated carbocycles. The van der Waals surface area contributed by atoms with Crippen molar-refractivity contribution >= 4 is 5.91 Å². The summed E-state index contributed by atoms with van der Waals surface area (Å²) in [6.45, 7) is 4.95. The molecule has 0 aromatic rings. The Morgan fingerprint density at radius 2 is 2.09 bits per heavy atom. The van der Waals surface area contributed by atoms with E-state index in [1.54, 1.807) is 0 Å². The summed E-state index contributed by atoms with van der Waals surface area (Å²) in [6, 6.07) is 0.405. The molecule has 1 amide bonds. The van der Waals surface area contributed by atoms with Gasteiger partial charge in [-0.15, -0.1) is 0 Å². The zero-order valence-corrected chi connectivity index (χ0v) is 13.2. The Hall–Kier alpha value is -1.73. The summed E-state index contributed by atoms with van der Waals surface area (Å²) >= 11 is 0. The number of ether oxygens (including phenoxy) is 3. The molecule has 0 spiro atoms. The second-order valence-corrected chi connectivity index (χ2v) is 6.41. The van der Waals surface area contributed by atoms with Crippen LogP contribution in [0.2, 0.25) is 0 Å². The molecule has 7 heteroatoms. The van der Waals surface area contributed by atoms with E-state index < -0.39 is 0 Å². The van der Waals surface area contributed by atoms with E-state index >= 15 is 0 Å². The summed E-state index contributed by atoms with van der Waals surface area (Å²) in [7, 11) is 0. The van der Waals surface area contributed by atoms with Crippen LogP contribution in [0.1, 0.15) is 12.8 Å². The van der Waals surface area contributed by atoms with Crippen LogP contribution in [-0.2, 0) is 19.0 Å². The summed E-state index contributed by atoms with van der Waals surface area (Å²) in [5, 5.41) is 0. The fourth-order valence-corrected chi connectivity index (χ4v) is 3.75. The van der Waals surface area contributed by atoms with Gasteiger partial charge in [0.25, 0.3) is 0 Å². The third-order valence-corrected chi connectivity index (χ3v) is 5.03. The first-order valence-corrected chi connectivity index (χ1v) is 8.30. The highest BCUT2D eigenvalue weighted by atomic mass is 16.6. The van der Waals surface area contributed by atoms with Gasteiger partial charge in [-0.2, -0.15) is 0 Å². The molecule has 23 heavy (non-hydrogen) atoms. The molecule has 0 aromatic carbocycles. The number of carbonyl (C=O) groups excluding carboxylic acids is 1. The number of hydrogen-bond acceptors (Lipinski definition) is 6. The molecule has 2 atom stereocenters. The van der Waals surface area contributed by atoms with Crippen LogP contribution in [0.15, 0.2) is 23.3 Å². The molecule has 2 saturated heterocycles. The highest BCUT2D eigenvalue weighted by molar-refractivity contribution is 5.82. The van der Waals surface area contributed by atoms with Crippen molar-refractivity contribution in [3.05, 3.63) is 23.3 Å². The standard InChI is InChI=1S/C16H23N3O4/c17-13-2-1-12(14-15(13)23-8-7-22-14)16(20)18-4-3-11(9-18)19-5-6-21-10-19/h2,11-12H,1,3-10,17H2. The van der Waals surface area contributed by atoms with E-state index in [2.05, 4.69) is 4.90 Å². The number of nitrogens with two attached hydrogens (primary N) is 1. The molecule has 3 aliphatic heterocycles.